The summed E-state index contributed by atoms with van der Waals surface area (Å²) in [6.45, 7) is 7.83. The molecular formula is C11H19N3O2. The minimum absolute atomic E-state index is 0.0924. The van der Waals surface area contributed by atoms with Crippen LogP contribution >= 0.6 is 0 Å². The lowest BCUT2D eigenvalue weighted by Gasteiger charge is -2.17. The molecule has 0 aliphatic heterocycles. The molecule has 0 fully saturated rings. The first-order valence-electron chi connectivity index (χ1n) is 5.54. The predicted octanol–water partition coefficient (Wildman–Crippen LogP) is 1.76. The van der Waals surface area contributed by atoms with Crippen LogP contribution in [0.3, 0.4) is 0 Å². The molecule has 0 spiro atoms. The van der Waals surface area contributed by atoms with Crippen molar-refractivity contribution >= 4 is 5.97 Å². The molecule has 0 aliphatic carbocycles. The number of aliphatic carboxylic acids is 1. The highest BCUT2D eigenvalue weighted by atomic mass is 16.4. The summed E-state index contributed by atoms with van der Waals surface area (Å²) in [4.78, 5) is 15.2. The van der Waals surface area contributed by atoms with Gasteiger partial charge in [0.15, 0.2) is 0 Å². The molecule has 5 heteroatoms. The minimum Gasteiger partial charge on any atom is -0.481 e. The van der Waals surface area contributed by atoms with Gasteiger partial charge >= 0.3 is 5.97 Å². The molecular weight excluding hydrogens is 206 g/mol. The quantitative estimate of drug-likeness (QED) is 0.829. The van der Waals surface area contributed by atoms with Crippen molar-refractivity contribution in [3.63, 3.8) is 0 Å². The monoisotopic (exact) mass is 225 g/mol. The largest absolute Gasteiger partial charge is 0.481 e. The Morgan fingerprint density at radius 3 is 2.50 bits per heavy atom. The molecule has 1 atom stereocenters. The van der Waals surface area contributed by atoms with Crippen molar-refractivity contribution in [2.75, 3.05) is 0 Å². The van der Waals surface area contributed by atoms with Crippen LogP contribution in [0.15, 0.2) is 6.33 Å². The zero-order valence-corrected chi connectivity index (χ0v) is 10.2. The number of carbonyl (C=O) groups is 1. The summed E-state index contributed by atoms with van der Waals surface area (Å²) in [5, 5.41) is 13.2. The van der Waals surface area contributed by atoms with Crippen LogP contribution in [0.4, 0.5) is 0 Å². The summed E-state index contributed by atoms with van der Waals surface area (Å²) in [6, 6.07) is 0.208. The van der Waals surface area contributed by atoms with E-state index in [1.165, 1.54) is 6.33 Å². The molecule has 1 aromatic rings. The number of carboxylic acid groups (broad SMARTS) is 1. The van der Waals surface area contributed by atoms with Crippen molar-refractivity contribution < 1.29 is 9.90 Å². The van der Waals surface area contributed by atoms with Gasteiger partial charge in [0, 0.05) is 12.5 Å². The number of rotatable bonds is 5. The van der Waals surface area contributed by atoms with Crippen LogP contribution in [0.25, 0.3) is 0 Å². The molecule has 0 bridgehead atoms. The summed E-state index contributed by atoms with van der Waals surface area (Å²) < 4.78 is 1.78. The average Bonchev–Trinajstić information content (AvgIpc) is 2.60. The lowest BCUT2D eigenvalue weighted by atomic mass is 9.92. The molecule has 0 aliphatic rings. The molecule has 0 amide bonds. The smallest absolute Gasteiger partial charge is 0.307 e. The highest BCUT2D eigenvalue weighted by Gasteiger charge is 2.24. The van der Waals surface area contributed by atoms with Gasteiger partial charge in [-0.15, -0.1) is 0 Å². The van der Waals surface area contributed by atoms with Gasteiger partial charge in [0.05, 0.1) is 5.92 Å². The third-order valence-electron chi connectivity index (χ3n) is 2.66. The summed E-state index contributed by atoms with van der Waals surface area (Å²) in [7, 11) is 0. The van der Waals surface area contributed by atoms with Gasteiger partial charge in [-0.3, -0.25) is 4.79 Å². The lowest BCUT2D eigenvalue weighted by molar-refractivity contribution is -0.143. The van der Waals surface area contributed by atoms with Crippen LogP contribution in [0, 0.1) is 11.8 Å². The molecule has 0 saturated heterocycles. The van der Waals surface area contributed by atoms with Gasteiger partial charge in [-0.1, -0.05) is 13.8 Å². The van der Waals surface area contributed by atoms with Crippen LogP contribution < -0.4 is 0 Å². The number of hydrogen-bond donors (Lipinski definition) is 1. The number of nitrogens with zero attached hydrogens (tertiary/aromatic N) is 3. The molecule has 1 unspecified atom stereocenters. The second-order valence-electron chi connectivity index (χ2n) is 4.61. The molecule has 16 heavy (non-hydrogen) atoms. The van der Waals surface area contributed by atoms with Crippen LogP contribution in [-0.4, -0.2) is 25.8 Å². The van der Waals surface area contributed by atoms with Crippen LogP contribution in [0.1, 0.15) is 39.6 Å². The maximum atomic E-state index is 11.1. The van der Waals surface area contributed by atoms with Crippen molar-refractivity contribution in [3.05, 3.63) is 12.2 Å². The van der Waals surface area contributed by atoms with Gasteiger partial charge in [0.25, 0.3) is 0 Å². The van der Waals surface area contributed by atoms with Crippen molar-refractivity contribution in [2.24, 2.45) is 11.8 Å². The number of aromatic nitrogens is 3. The second kappa shape index (κ2) is 5.09. The van der Waals surface area contributed by atoms with E-state index in [0.29, 0.717) is 6.42 Å². The Morgan fingerprint density at radius 1 is 1.44 bits per heavy atom. The SMILES string of the molecule is CC(C)C(Cc1ncnn1C(C)C)C(=O)O. The summed E-state index contributed by atoms with van der Waals surface area (Å²) in [5.41, 5.74) is 0. The fourth-order valence-corrected chi connectivity index (χ4v) is 1.66. The van der Waals surface area contributed by atoms with Crippen molar-refractivity contribution in [2.45, 2.75) is 40.2 Å². The van der Waals surface area contributed by atoms with Gasteiger partial charge in [0.1, 0.15) is 12.2 Å². The van der Waals surface area contributed by atoms with E-state index in [1.807, 2.05) is 27.7 Å². The average molecular weight is 225 g/mol. The Balaban J connectivity index is 2.85. The zero-order valence-electron chi connectivity index (χ0n) is 10.2. The van der Waals surface area contributed by atoms with E-state index in [2.05, 4.69) is 10.1 Å². The maximum absolute atomic E-state index is 11.1. The van der Waals surface area contributed by atoms with Gasteiger partial charge in [-0.05, 0) is 19.8 Å². The van der Waals surface area contributed by atoms with Crippen LogP contribution in [0.2, 0.25) is 0 Å². The van der Waals surface area contributed by atoms with Crippen LogP contribution in [0.5, 0.6) is 0 Å². The van der Waals surface area contributed by atoms with Gasteiger partial charge < -0.3 is 5.11 Å². The highest BCUT2D eigenvalue weighted by Crippen LogP contribution is 2.17. The Hall–Kier alpha value is -1.39. The number of carboxylic acids is 1. The number of hydrogen-bond acceptors (Lipinski definition) is 3. The molecule has 5 nitrogen and oxygen atoms in total. The standard InChI is InChI=1S/C11H19N3O2/c1-7(2)9(11(15)16)5-10-12-6-13-14(10)8(3)4/h6-9H,5H2,1-4H3,(H,15,16). The molecule has 0 aromatic carbocycles. The topological polar surface area (TPSA) is 68.0 Å². The molecule has 0 radical (unpaired) electrons. The fraction of sp³-hybridized carbons (Fsp3) is 0.727. The third kappa shape index (κ3) is 2.81. The highest BCUT2D eigenvalue weighted by molar-refractivity contribution is 5.70. The Bertz CT molecular complexity index is 358. The first-order chi connectivity index (χ1) is 7.43. The Kier molecular flexibility index (Phi) is 4.04. The molecule has 1 N–H and O–H groups in total. The molecule has 90 valence electrons. The predicted molar refractivity (Wildman–Crippen MR) is 60.1 cm³/mol. The van der Waals surface area contributed by atoms with E-state index in [9.17, 15) is 4.79 Å². The molecule has 1 heterocycles. The van der Waals surface area contributed by atoms with Crippen LogP contribution in [-0.2, 0) is 11.2 Å². The first-order valence-corrected chi connectivity index (χ1v) is 5.54. The van der Waals surface area contributed by atoms with E-state index in [-0.39, 0.29) is 12.0 Å². The zero-order chi connectivity index (χ0) is 12.3. The van der Waals surface area contributed by atoms with E-state index >= 15 is 0 Å². The summed E-state index contributed by atoms with van der Waals surface area (Å²) in [5.74, 6) is -0.332. The van der Waals surface area contributed by atoms with E-state index < -0.39 is 11.9 Å². The first kappa shape index (κ1) is 12.7. The Labute approximate surface area is 95.5 Å². The van der Waals surface area contributed by atoms with Crippen molar-refractivity contribution in [1.29, 1.82) is 0 Å². The molecule has 1 rings (SSSR count). The van der Waals surface area contributed by atoms with E-state index in [0.717, 1.165) is 5.82 Å². The summed E-state index contributed by atoms with van der Waals surface area (Å²) in [6.07, 6.45) is 1.92. The van der Waals surface area contributed by atoms with E-state index in [1.54, 1.807) is 4.68 Å². The normalized spacial score (nSPS) is 13.4. The van der Waals surface area contributed by atoms with E-state index in [4.69, 9.17) is 5.11 Å². The minimum atomic E-state index is -0.770. The van der Waals surface area contributed by atoms with Gasteiger partial charge in [-0.2, -0.15) is 5.10 Å². The molecule has 1 aromatic heterocycles. The fourth-order valence-electron chi connectivity index (χ4n) is 1.66. The second-order valence-corrected chi connectivity index (χ2v) is 4.61. The van der Waals surface area contributed by atoms with Gasteiger partial charge in [0.2, 0.25) is 0 Å². The third-order valence-corrected chi connectivity index (χ3v) is 2.66. The van der Waals surface area contributed by atoms with Crippen molar-refractivity contribution in [1.82, 2.24) is 14.8 Å². The van der Waals surface area contributed by atoms with Crippen molar-refractivity contribution in [3.8, 4) is 0 Å². The lowest BCUT2D eigenvalue weighted by Crippen LogP contribution is -2.24. The van der Waals surface area contributed by atoms with Gasteiger partial charge in [-0.25, -0.2) is 9.67 Å². The Morgan fingerprint density at radius 2 is 2.06 bits per heavy atom. The molecule has 0 saturated carbocycles. The summed E-state index contributed by atoms with van der Waals surface area (Å²) >= 11 is 0. The maximum Gasteiger partial charge on any atom is 0.307 e.